The molecule has 5 rings (SSSR count). The second kappa shape index (κ2) is 9.64. The van der Waals surface area contributed by atoms with Gasteiger partial charge in [-0.05, 0) is 43.7 Å². The maximum Gasteiger partial charge on any atom is 0.338 e. The highest BCUT2D eigenvalue weighted by Gasteiger charge is 2.33. The average molecular weight is 549 g/mol. The summed E-state index contributed by atoms with van der Waals surface area (Å²) in [7, 11) is 0. The van der Waals surface area contributed by atoms with Crippen LogP contribution in [0.5, 0.6) is 0 Å². The summed E-state index contributed by atoms with van der Waals surface area (Å²) in [4.78, 5) is 31.6. The Morgan fingerprint density at radius 2 is 1.89 bits per heavy atom. The Morgan fingerprint density at radius 1 is 1.14 bits per heavy atom. The van der Waals surface area contributed by atoms with Gasteiger partial charge in [-0.2, -0.15) is 0 Å². The van der Waals surface area contributed by atoms with Crippen LogP contribution in [0.3, 0.4) is 0 Å². The smallest absolute Gasteiger partial charge is 0.338 e. The van der Waals surface area contributed by atoms with E-state index in [0.29, 0.717) is 32.1 Å². The number of thiazole rings is 1. The number of aromatic nitrogens is 1. The number of hydrogen-bond donors (Lipinski definition) is 0. The van der Waals surface area contributed by atoms with Gasteiger partial charge in [0.15, 0.2) is 4.80 Å². The van der Waals surface area contributed by atoms with E-state index in [0.717, 1.165) is 15.6 Å². The number of furan rings is 1. The van der Waals surface area contributed by atoms with Crippen molar-refractivity contribution in [3.8, 4) is 11.3 Å². The van der Waals surface area contributed by atoms with Gasteiger partial charge >= 0.3 is 5.97 Å². The minimum atomic E-state index is -0.622. The summed E-state index contributed by atoms with van der Waals surface area (Å²) in [6, 6.07) is 20.4. The van der Waals surface area contributed by atoms with Crippen molar-refractivity contribution in [2.45, 2.75) is 19.9 Å². The number of carbonyl (C=O) groups excluding carboxylic acids is 1. The first kappa shape index (κ1) is 23.3. The van der Waals surface area contributed by atoms with E-state index in [2.05, 4.69) is 20.9 Å². The first-order chi connectivity index (χ1) is 17.0. The maximum absolute atomic E-state index is 13.6. The molecule has 0 saturated carbocycles. The third-order valence-corrected chi connectivity index (χ3v) is 7.17. The highest BCUT2D eigenvalue weighted by atomic mass is 79.9. The molecule has 0 N–H and O–H groups in total. The largest absolute Gasteiger partial charge is 0.463 e. The van der Waals surface area contributed by atoms with Crippen LogP contribution < -0.4 is 14.9 Å². The second-order valence-corrected chi connectivity index (χ2v) is 9.85. The molecule has 6 nitrogen and oxygen atoms in total. The van der Waals surface area contributed by atoms with Crippen molar-refractivity contribution in [1.82, 2.24) is 4.57 Å². The van der Waals surface area contributed by atoms with Crippen LogP contribution in [0.4, 0.5) is 0 Å². The molecule has 0 aliphatic carbocycles. The first-order valence-electron chi connectivity index (χ1n) is 11.1. The predicted molar refractivity (Wildman–Crippen MR) is 139 cm³/mol. The summed E-state index contributed by atoms with van der Waals surface area (Å²) in [6.07, 6.45) is 1.72. The molecule has 176 valence electrons. The van der Waals surface area contributed by atoms with Crippen LogP contribution in [0.15, 0.2) is 96.7 Å². The molecule has 1 unspecified atom stereocenters. The van der Waals surface area contributed by atoms with Gasteiger partial charge in [-0.3, -0.25) is 9.36 Å². The van der Waals surface area contributed by atoms with Crippen molar-refractivity contribution < 1.29 is 13.9 Å². The van der Waals surface area contributed by atoms with Crippen molar-refractivity contribution in [2.24, 2.45) is 4.99 Å². The number of rotatable bonds is 5. The number of fused-ring (bicyclic) bond motifs is 1. The highest BCUT2D eigenvalue weighted by molar-refractivity contribution is 9.10. The average Bonchev–Trinajstić information content (AvgIpc) is 3.44. The summed E-state index contributed by atoms with van der Waals surface area (Å²) in [5.41, 5.74) is 2.42. The van der Waals surface area contributed by atoms with Gasteiger partial charge in [0.05, 0.1) is 28.5 Å². The molecule has 2 aromatic heterocycles. The van der Waals surface area contributed by atoms with Crippen molar-refractivity contribution in [3.05, 3.63) is 113 Å². The molecule has 8 heteroatoms. The third kappa shape index (κ3) is 4.47. The molecule has 4 aromatic rings. The summed E-state index contributed by atoms with van der Waals surface area (Å²) in [5.74, 6) is 0.798. The van der Waals surface area contributed by atoms with Gasteiger partial charge in [0.1, 0.15) is 11.5 Å². The lowest BCUT2D eigenvalue weighted by Crippen LogP contribution is -2.39. The molecule has 2 aromatic carbocycles. The monoisotopic (exact) mass is 548 g/mol. The third-order valence-electron chi connectivity index (χ3n) is 5.66. The van der Waals surface area contributed by atoms with E-state index in [1.165, 1.54) is 11.3 Å². The molecule has 1 aliphatic heterocycles. The van der Waals surface area contributed by atoms with Crippen molar-refractivity contribution in [3.63, 3.8) is 0 Å². The van der Waals surface area contributed by atoms with Gasteiger partial charge in [-0.25, -0.2) is 9.79 Å². The van der Waals surface area contributed by atoms with Gasteiger partial charge in [-0.1, -0.05) is 69.7 Å². The van der Waals surface area contributed by atoms with Crippen LogP contribution >= 0.6 is 27.3 Å². The lowest BCUT2D eigenvalue weighted by molar-refractivity contribution is -0.139. The number of allylic oxidation sites excluding steroid dienone is 1. The number of halogens is 1. The Hall–Kier alpha value is -3.49. The Labute approximate surface area is 213 Å². The Morgan fingerprint density at radius 3 is 2.60 bits per heavy atom. The Bertz CT molecular complexity index is 1610. The van der Waals surface area contributed by atoms with Crippen molar-refractivity contribution in [2.75, 3.05) is 6.61 Å². The van der Waals surface area contributed by atoms with Crippen molar-refractivity contribution in [1.29, 1.82) is 0 Å². The Kier molecular flexibility index (Phi) is 6.40. The number of benzene rings is 2. The zero-order valence-electron chi connectivity index (χ0n) is 19.0. The standard InChI is InChI=1S/C27H21BrN2O4S/c1-3-33-26(32)23-16(2)29-27-30(24(23)18-7-5-4-6-8-18)25(31)22(35-27)15-20-13-14-21(34-20)17-9-11-19(28)12-10-17/h4-15,24H,3H2,1-2H3. The predicted octanol–water partition coefficient (Wildman–Crippen LogP) is 4.82. The van der Waals surface area contributed by atoms with E-state index in [1.54, 1.807) is 24.5 Å². The van der Waals surface area contributed by atoms with E-state index in [9.17, 15) is 9.59 Å². The molecule has 0 saturated heterocycles. The molecular weight excluding hydrogens is 528 g/mol. The lowest BCUT2D eigenvalue weighted by Gasteiger charge is -2.24. The van der Waals surface area contributed by atoms with E-state index in [-0.39, 0.29) is 12.2 Å². The van der Waals surface area contributed by atoms with Crippen LogP contribution in [-0.4, -0.2) is 17.1 Å². The molecule has 0 spiro atoms. The highest BCUT2D eigenvalue weighted by Crippen LogP contribution is 2.30. The summed E-state index contributed by atoms with van der Waals surface area (Å²) in [5, 5.41) is 0. The second-order valence-electron chi connectivity index (χ2n) is 7.92. The molecular formula is C27H21BrN2O4S. The van der Waals surface area contributed by atoms with Gasteiger partial charge in [0.25, 0.3) is 5.56 Å². The summed E-state index contributed by atoms with van der Waals surface area (Å²) < 4.78 is 14.3. The van der Waals surface area contributed by atoms with Gasteiger partial charge < -0.3 is 9.15 Å². The normalized spacial score (nSPS) is 15.6. The summed E-state index contributed by atoms with van der Waals surface area (Å²) >= 11 is 4.71. The zero-order valence-corrected chi connectivity index (χ0v) is 21.4. The van der Waals surface area contributed by atoms with E-state index in [4.69, 9.17) is 9.15 Å². The molecule has 0 bridgehead atoms. The molecule has 35 heavy (non-hydrogen) atoms. The van der Waals surface area contributed by atoms with Crippen LogP contribution in [0, 0.1) is 0 Å². The number of ether oxygens (including phenoxy) is 1. The summed E-state index contributed by atoms with van der Waals surface area (Å²) in [6.45, 7) is 3.77. The number of hydrogen-bond acceptors (Lipinski definition) is 6. The fourth-order valence-corrected chi connectivity index (χ4v) is 5.36. The van der Waals surface area contributed by atoms with Gasteiger partial charge in [0.2, 0.25) is 0 Å². The van der Waals surface area contributed by atoms with Crippen LogP contribution in [0.25, 0.3) is 17.4 Å². The molecule has 1 aliphatic rings. The van der Waals surface area contributed by atoms with Gasteiger partial charge in [0, 0.05) is 16.1 Å². The molecule has 3 heterocycles. The minimum Gasteiger partial charge on any atom is -0.463 e. The molecule has 1 atom stereocenters. The molecule has 0 amide bonds. The van der Waals surface area contributed by atoms with E-state index >= 15 is 0 Å². The zero-order chi connectivity index (χ0) is 24.5. The Balaban J connectivity index is 1.62. The fourth-order valence-electron chi connectivity index (χ4n) is 4.07. The van der Waals surface area contributed by atoms with Crippen LogP contribution in [0.2, 0.25) is 0 Å². The first-order valence-corrected chi connectivity index (χ1v) is 12.7. The SMILES string of the molecule is CCOC(=O)C1=C(C)N=c2sc(=Cc3ccc(-c4ccc(Br)cc4)o3)c(=O)n2C1c1ccccc1. The molecule has 0 fully saturated rings. The number of nitrogens with zero attached hydrogens (tertiary/aromatic N) is 2. The number of esters is 1. The maximum atomic E-state index is 13.6. The number of carbonyl (C=O) groups is 1. The van der Waals surface area contributed by atoms with Crippen molar-refractivity contribution >= 4 is 39.3 Å². The topological polar surface area (TPSA) is 73.8 Å². The fraction of sp³-hybridized carbons (Fsp3) is 0.148. The van der Waals surface area contributed by atoms with E-state index < -0.39 is 12.0 Å². The van der Waals surface area contributed by atoms with Crippen LogP contribution in [0.1, 0.15) is 31.2 Å². The van der Waals surface area contributed by atoms with Gasteiger partial charge in [-0.15, -0.1) is 0 Å². The molecule has 0 radical (unpaired) electrons. The lowest BCUT2D eigenvalue weighted by atomic mass is 9.96. The van der Waals surface area contributed by atoms with E-state index in [1.807, 2.05) is 66.7 Å². The minimum absolute atomic E-state index is 0.237. The quantitative estimate of drug-likeness (QED) is 0.335. The van der Waals surface area contributed by atoms with Crippen LogP contribution in [-0.2, 0) is 9.53 Å².